The number of halogens is 3. The molecule has 1 aromatic carbocycles. The largest absolute Gasteiger partial charge is 0.481 e. The van der Waals surface area contributed by atoms with Crippen LogP contribution in [0.4, 0.5) is 13.2 Å². The lowest BCUT2D eigenvalue weighted by atomic mass is 9.89. The number of carbonyl (C=O) groups is 1. The van der Waals surface area contributed by atoms with Gasteiger partial charge in [-0.2, -0.15) is 13.2 Å². The topological polar surface area (TPSA) is 49.8 Å². The van der Waals surface area contributed by atoms with E-state index in [9.17, 15) is 23.1 Å². The molecule has 1 aromatic rings. The van der Waals surface area contributed by atoms with Crippen LogP contribution >= 0.6 is 0 Å². The fourth-order valence-electron chi connectivity index (χ4n) is 6.15. The van der Waals surface area contributed by atoms with Crippen LogP contribution < -0.4 is 0 Å². The van der Waals surface area contributed by atoms with Crippen molar-refractivity contribution < 1.29 is 27.8 Å². The molecule has 0 radical (unpaired) electrons. The summed E-state index contributed by atoms with van der Waals surface area (Å²) >= 11 is 0. The van der Waals surface area contributed by atoms with Crippen molar-refractivity contribution in [2.24, 2.45) is 11.8 Å². The molecule has 184 valence electrons. The van der Waals surface area contributed by atoms with Gasteiger partial charge in [0.1, 0.15) is 0 Å². The third kappa shape index (κ3) is 6.50. The van der Waals surface area contributed by atoms with E-state index in [0.717, 1.165) is 31.6 Å². The average molecular weight is 468 g/mol. The van der Waals surface area contributed by atoms with E-state index < -0.39 is 29.9 Å². The van der Waals surface area contributed by atoms with E-state index in [-0.39, 0.29) is 12.5 Å². The second-order valence-corrected chi connectivity index (χ2v) is 10.3. The molecular weight excluding hydrogens is 431 g/mol. The van der Waals surface area contributed by atoms with Gasteiger partial charge in [-0.05, 0) is 68.1 Å². The maximum atomic E-state index is 13.1. The maximum Gasteiger partial charge on any atom is 0.416 e. The van der Waals surface area contributed by atoms with Crippen LogP contribution in [-0.4, -0.2) is 41.2 Å². The Morgan fingerprint density at radius 2 is 1.45 bits per heavy atom. The average Bonchev–Trinajstić information content (AvgIpc) is 3.47. The molecule has 2 saturated carbocycles. The summed E-state index contributed by atoms with van der Waals surface area (Å²) in [7, 11) is 0. The van der Waals surface area contributed by atoms with Crippen LogP contribution in [0.1, 0.15) is 87.9 Å². The number of nitrogens with zero attached hydrogens (tertiary/aromatic N) is 1. The molecule has 33 heavy (non-hydrogen) atoms. The van der Waals surface area contributed by atoms with Crippen LogP contribution in [0.25, 0.3) is 0 Å². The molecular formula is C26H36F3NO3. The van der Waals surface area contributed by atoms with Gasteiger partial charge in [0.25, 0.3) is 0 Å². The minimum atomic E-state index is -4.38. The molecule has 7 heteroatoms. The van der Waals surface area contributed by atoms with Crippen molar-refractivity contribution in [3.05, 3.63) is 35.4 Å². The Morgan fingerprint density at radius 1 is 0.909 bits per heavy atom. The van der Waals surface area contributed by atoms with Crippen molar-refractivity contribution >= 4 is 5.97 Å². The molecule has 3 fully saturated rings. The summed E-state index contributed by atoms with van der Waals surface area (Å²) in [5.74, 6) is 0.422. The molecule has 4 rings (SSSR count). The quantitative estimate of drug-likeness (QED) is 0.477. The van der Waals surface area contributed by atoms with E-state index in [4.69, 9.17) is 4.74 Å². The smallest absolute Gasteiger partial charge is 0.416 e. The number of carboxylic acids is 1. The fourth-order valence-corrected chi connectivity index (χ4v) is 6.15. The Labute approximate surface area is 194 Å². The van der Waals surface area contributed by atoms with Crippen molar-refractivity contribution in [3.8, 4) is 0 Å². The summed E-state index contributed by atoms with van der Waals surface area (Å²) in [5.41, 5.74) is 0.0420. The first-order chi connectivity index (χ1) is 15.8. The first kappa shape index (κ1) is 24.5. The molecule has 4 nitrogen and oxygen atoms in total. The Kier molecular flexibility index (Phi) is 8.00. The summed E-state index contributed by atoms with van der Waals surface area (Å²) in [4.78, 5) is 13.9. The molecule has 3 atom stereocenters. The van der Waals surface area contributed by atoms with E-state index in [1.807, 2.05) is 0 Å². The second-order valence-electron chi connectivity index (χ2n) is 10.3. The molecule has 1 aliphatic heterocycles. The van der Waals surface area contributed by atoms with Gasteiger partial charge in [0.15, 0.2) is 0 Å². The number of aliphatic carboxylic acids is 1. The maximum absolute atomic E-state index is 13.1. The number of rotatable bonds is 8. The summed E-state index contributed by atoms with van der Waals surface area (Å²) in [6.45, 7) is 2.01. The minimum absolute atomic E-state index is 0.0629. The van der Waals surface area contributed by atoms with E-state index in [1.165, 1.54) is 63.5 Å². The third-order valence-electron chi connectivity index (χ3n) is 7.85. The lowest BCUT2D eigenvalue weighted by molar-refractivity contribution is -0.148. The van der Waals surface area contributed by atoms with Crippen molar-refractivity contribution in [2.45, 2.75) is 95.1 Å². The van der Waals surface area contributed by atoms with Crippen LogP contribution in [-0.2, 0) is 15.7 Å². The number of ether oxygens (including phenoxy) is 1. The monoisotopic (exact) mass is 467 g/mol. The highest BCUT2D eigenvalue weighted by Gasteiger charge is 2.39. The van der Waals surface area contributed by atoms with Crippen molar-refractivity contribution in [2.75, 3.05) is 13.1 Å². The van der Waals surface area contributed by atoms with Gasteiger partial charge in [-0.15, -0.1) is 0 Å². The molecule has 3 unspecified atom stereocenters. The van der Waals surface area contributed by atoms with Crippen LogP contribution in [0.5, 0.6) is 0 Å². The van der Waals surface area contributed by atoms with Gasteiger partial charge >= 0.3 is 12.1 Å². The minimum Gasteiger partial charge on any atom is -0.481 e. The molecule has 2 aliphatic carbocycles. The zero-order valence-electron chi connectivity index (χ0n) is 19.2. The Morgan fingerprint density at radius 3 is 1.94 bits per heavy atom. The Balaban J connectivity index is 1.58. The number of alkyl halides is 3. The third-order valence-corrected chi connectivity index (χ3v) is 7.85. The molecule has 0 spiro atoms. The predicted molar refractivity (Wildman–Crippen MR) is 120 cm³/mol. The van der Waals surface area contributed by atoms with Crippen LogP contribution in [0, 0.1) is 11.8 Å². The number of hydrogen-bond acceptors (Lipinski definition) is 3. The van der Waals surface area contributed by atoms with Crippen LogP contribution in [0.15, 0.2) is 24.3 Å². The Bertz CT molecular complexity index is 752. The summed E-state index contributed by atoms with van der Waals surface area (Å²) in [6.07, 6.45) is 6.23. The highest BCUT2D eigenvalue weighted by molar-refractivity contribution is 5.67. The van der Waals surface area contributed by atoms with Gasteiger partial charge in [0, 0.05) is 19.1 Å². The van der Waals surface area contributed by atoms with Crippen molar-refractivity contribution in [1.82, 2.24) is 4.90 Å². The van der Waals surface area contributed by atoms with E-state index in [0.29, 0.717) is 23.8 Å². The molecule has 1 heterocycles. The highest BCUT2D eigenvalue weighted by Crippen LogP contribution is 2.40. The summed E-state index contributed by atoms with van der Waals surface area (Å²) < 4.78 is 45.7. The lowest BCUT2D eigenvalue weighted by Gasteiger charge is -2.44. The zero-order valence-corrected chi connectivity index (χ0v) is 19.2. The molecule has 0 aromatic heterocycles. The van der Waals surface area contributed by atoms with Crippen molar-refractivity contribution in [3.63, 3.8) is 0 Å². The molecule has 3 aliphatic rings. The van der Waals surface area contributed by atoms with Gasteiger partial charge in [-0.1, -0.05) is 37.8 Å². The van der Waals surface area contributed by atoms with E-state index in [2.05, 4.69) is 4.90 Å². The number of carboxylic acid groups (broad SMARTS) is 1. The van der Waals surface area contributed by atoms with Gasteiger partial charge < -0.3 is 9.84 Å². The Hall–Kier alpha value is -1.60. The number of hydrogen-bond donors (Lipinski definition) is 1. The normalized spacial score (nSPS) is 27.5. The summed E-state index contributed by atoms with van der Waals surface area (Å²) in [5, 5.41) is 9.29. The van der Waals surface area contributed by atoms with Gasteiger partial charge in [0.2, 0.25) is 0 Å². The van der Waals surface area contributed by atoms with Crippen LogP contribution in [0.3, 0.4) is 0 Å². The predicted octanol–water partition coefficient (Wildman–Crippen LogP) is 6.45. The van der Waals surface area contributed by atoms with E-state index in [1.54, 1.807) is 0 Å². The van der Waals surface area contributed by atoms with Gasteiger partial charge in [0.05, 0.1) is 24.2 Å². The SMILES string of the molecule is O=C(O)CC1CCC(N(CC2CCCC2)CC2CCCC2)C(c2ccc(C(F)(F)F)cc2)O1. The first-order valence-electron chi connectivity index (χ1n) is 12.6. The zero-order chi connectivity index (χ0) is 23.4. The van der Waals surface area contributed by atoms with Gasteiger partial charge in [-0.25, -0.2) is 0 Å². The highest BCUT2D eigenvalue weighted by atomic mass is 19.4. The summed E-state index contributed by atoms with van der Waals surface area (Å²) in [6, 6.07) is 5.34. The first-order valence-corrected chi connectivity index (χ1v) is 12.6. The lowest BCUT2D eigenvalue weighted by Crippen LogP contribution is -2.48. The standard InChI is InChI=1S/C26H36F3NO3/c27-26(28,29)21-11-9-20(10-12-21)25-23(14-13-22(33-25)15-24(31)32)30(16-18-5-1-2-6-18)17-19-7-3-4-8-19/h9-12,18-19,22-23,25H,1-8,13-17H2,(H,31,32). The van der Waals surface area contributed by atoms with Gasteiger partial charge in [-0.3, -0.25) is 9.69 Å². The van der Waals surface area contributed by atoms with E-state index >= 15 is 0 Å². The fraction of sp³-hybridized carbons (Fsp3) is 0.731. The molecule has 1 N–H and O–H groups in total. The molecule has 0 bridgehead atoms. The second kappa shape index (κ2) is 10.8. The number of benzene rings is 1. The molecule has 1 saturated heterocycles. The van der Waals surface area contributed by atoms with Crippen LogP contribution in [0.2, 0.25) is 0 Å². The van der Waals surface area contributed by atoms with Crippen molar-refractivity contribution in [1.29, 1.82) is 0 Å². The molecule has 0 amide bonds.